The van der Waals surface area contributed by atoms with Crippen molar-refractivity contribution in [1.29, 1.82) is 0 Å². The normalized spacial score (nSPS) is 16.0. The summed E-state index contributed by atoms with van der Waals surface area (Å²) in [7, 11) is 0. The van der Waals surface area contributed by atoms with Crippen LogP contribution in [0, 0.1) is 0 Å². The van der Waals surface area contributed by atoms with Crippen LogP contribution in [0.3, 0.4) is 0 Å². The van der Waals surface area contributed by atoms with E-state index in [4.69, 9.17) is 0 Å². The molecule has 0 amide bonds. The van der Waals surface area contributed by atoms with E-state index in [1.807, 2.05) is 23.5 Å². The molecular weight excluding hydrogens is 284 g/mol. The van der Waals surface area contributed by atoms with Crippen LogP contribution in [0.2, 0.25) is 0 Å². The standard InChI is InChI=1S/C16H18N2S2/c1-3-7-15(8-4-1)11-18(16-9-5-2-6-10-16)17-12-19-14-20-13-17/h1-10H,11-14H2. The van der Waals surface area contributed by atoms with E-state index in [9.17, 15) is 0 Å². The Bertz CT molecular complexity index is 513. The smallest absolute Gasteiger partial charge is 0.0655 e. The summed E-state index contributed by atoms with van der Waals surface area (Å²) in [6, 6.07) is 21.3. The minimum atomic E-state index is 0.923. The van der Waals surface area contributed by atoms with Crippen LogP contribution in [0.5, 0.6) is 0 Å². The molecule has 0 N–H and O–H groups in total. The molecule has 2 nitrogen and oxygen atoms in total. The first-order valence-electron chi connectivity index (χ1n) is 6.70. The van der Waals surface area contributed by atoms with E-state index in [0.717, 1.165) is 18.3 Å². The molecule has 4 heteroatoms. The highest BCUT2D eigenvalue weighted by Gasteiger charge is 2.19. The highest BCUT2D eigenvalue weighted by molar-refractivity contribution is 8.16. The molecule has 1 heterocycles. The van der Waals surface area contributed by atoms with Gasteiger partial charge in [-0.15, -0.1) is 23.5 Å². The van der Waals surface area contributed by atoms with E-state index in [2.05, 4.69) is 70.7 Å². The van der Waals surface area contributed by atoms with Gasteiger partial charge in [0.2, 0.25) is 0 Å². The van der Waals surface area contributed by atoms with Crippen molar-refractivity contribution in [2.75, 3.05) is 21.8 Å². The zero-order chi connectivity index (χ0) is 13.6. The number of rotatable bonds is 4. The van der Waals surface area contributed by atoms with E-state index >= 15 is 0 Å². The molecule has 0 bridgehead atoms. The first-order chi connectivity index (χ1) is 9.93. The fourth-order valence-electron chi connectivity index (χ4n) is 2.23. The third kappa shape index (κ3) is 3.51. The van der Waals surface area contributed by atoms with Gasteiger partial charge in [-0.05, 0) is 17.7 Å². The topological polar surface area (TPSA) is 6.48 Å². The number of nitrogens with zero attached hydrogens (tertiary/aromatic N) is 2. The largest absolute Gasteiger partial charge is 0.300 e. The van der Waals surface area contributed by atoms with Crippen LogP contribution in [-0.4, -0.2) is 21.8 Å². The summed E-state index contributed by atoms with van der Waals surface area (Å²) < 4.78 is 0. The van der Waals surface area contributed by atoms with E-state index in [1.165, 1.54) is 16.3 Å². The van der Waals surface area contributed by atoms with Gasteiger partial charge in [0.25, 0.3) is 0 Å². The number of para-hydroxylation sites is 1. The van der Waals surface area contributed by atoms with Crippen LogP contribution < -0.4 is 5.01 Å². The van der Waals surface area contributed by atoms with Crippen molar-refractivity contribution < 1.29 is 0 Å². The maximum Gasteiger partial charge on any atom is 0.0655 e. The molecule has 0 unspecified atom stereocenters. The Morgan fingerprint density at radius 1 is 0.850 bits per heavy atom. The number of anilines is 1. The Morgan fingerprint density at radius 3 is 2.10 bits per heavy atom. The van der Waals surface area contributed by atoms with Gasteiger partial charge in [-0.25, -0.2) is 5.01 Å². The lowest BCUT2D eigenvalue weighted by molar-refractivity contribution is 0.336. The van der Waals surface area contributed by atoms with E-state index in [1.54, 1.807) is 0 Å². The fraction of sp³-hybridized carbons (Fsp3) is 0.250. The van der Waals surface area contributed by atoms with Crippen LogP contribution in [-0.2, 0) is 6.54 Å². The van der Waals surface area contributed by atoms with Gasteiger partial charge in [0.15, 0.2) is 0 Å². The lowest BCUT2D eigenvalue weighted by Gasteiger charge is -2.38. The molecular formula is C16H18N2S2. The van der Waals surface area contributed by atoms with Gasteiger partial charge in [0, 0.05) is 5.08 Å². The Hall–Kier alpha value is -1.10. The van der Waals surface area contributed by atoms with E-state index < -0.39 is 0 Å². The monoisotopic (exact) mass is 302 g/mol. The quantitative estimate of drug-likeness (QED) is 0.832. The SMILES string of the molecule is c1ccc(CN(c2ccccc2)N2CSCSC2)cc1. The van der Waals surface area contributed by atoms with Gasteiger partial charge in [-0.3, -0.25) is 5.01 Å². The molecule has 20 heavy (non-hydrogen) atoms. The summed E-state index contributed by atoms with van der Waals surface area (Å²) in [5.41, 5.74) is 2.61. The first-order valence-corrected chi connectivity index (χ1v) is 9.01. The maximum atomic E-state index is 2.43. The van der Waals surface area contributed by atoms with Crippen LogP contribution in [0.1, 0.15) is 5.56 Å². The summed E-state index contributed by atoms with van der Waals surface area (Å²) >= 11 is 3.97. The van der Waals surface area contributed by atoms with E-state index in [0.29, 0.717) is 0 Å². The van der Waals surface area contributed by atoms with Gasteiger partial charge in [0.1, 0.15) is 0 Å². The third-order valence-corrected chi connectivity index (χ3v) is 5.51. The summed E-state index contributed by atoms with van der Waals surface area (Å²) in [5, 5.41) is 6.03. The number of hydrogen-bond donors (Lipinski definition) is 0. The van der Waals surface area contributed by atoms with Crippen molar-refractivity contribution in [2.24, 2.45) is 0 Å². The zero-order valence-electron chi connectivity index (χ0n) is 11.3. The third-order valence-electron chi connectivity index (χ3n) is 3.22. The predicted molar refractivity (Wildman–Crippen MR) is 90.7 cm³/mol. The lowest BCUT2D eigenvalue weighted by atomic mass is 10.2. The number of benzene rings is 2. The van der Waals surface area contributed by atoms with Crippen molar-refractivity contribution >= 4 is 29.2 Å². The van der Waals surface area contributed by atoms with Crippen LogP contribution in [0.15, 0.2) is 60.7 Å². The van der Waals surface area contributed by atoms with Gasteiger partial charge in [-0.2, -0.15) is 0 Å². The molecule has 104 valence electrons. The second-order valence-corrected chi connectivity index (χ2v) is 6.95. The Morgan fingerprint density at radius 2 is 1.45 bits per heavy atom. The van der Waals surface area contributed by atoms with Gasteiger partial charge < -0.3 is 0 Å². The highest BCUT2D eigenvalue weighted by atomic mass is 32.2. The van der Waals surface area contributed by atoms with Crippen LogP contribution in [0.25, 0.3) is 0 Å². The Labute approximate surface area is 129 Å². The molecule has 0 radical (unpaired) electrons. The van der Waals surface area contributed by atoms with Crippen LogP contribution >= 0.6 is 23.5 Å². The predicted octanol–water partition coefficient (Wildman–Crippen LogP) is 4.26. The van der Waals surface area contributed by atoms with E-state index in [-0.39, 0.29) is 0 Å². The van der Waals surface area contributed by atoms with Crippen molar-refractivity contribution in [3.05, 3.63) is 66.2 Å². The molecule has 0 atom stereocenters. The Kier molecular flexibility index (Phi) is 4.90. The average Bonchev–Trinajstić information content (AvgIpc) is 2.55. The summed E-state index contributed by atoms with van der Waals surface area (Å²) in [6.45, 7) is 0.923. The minimum absolute atomic E-state index is 0.923. The van der Waals surface area contributed by atoms with Gasteiger partial charge in [-0.1, -0.05) is 48.5 Å². The summed E-state index contributed by atoms with van der Waals surface area (Å²) in [4.78, 5) is 0. The molecule has 3 rings (SSSR count). The number of thioether (sulfide) groups is 2. The number of hydrazine groups is 1. The number of hydrogen-bond acceptors (Lipinski definition) is 4. The molecule has 0 spiro atoms. The molecule has 0 aliphatic carbocycles. The summed E-state index contributed by atoms with van der Waals surface area (Å²) in [5.74, 6) is 2.13. The molecule has 1 aliphatic heterocycles. The average molecular weight is 302 g/mol. The zero-order valence-corrected chi connectivity index (χ0v) is 12.9. The lowest BCUT2D eigenvalue weighted by Crippen LogP contribution is -2.43. The van der Waals surface area contributed by atoms with Crippen molar-refractivity contribution in [2.45, 2.75) is 6.54 Å². The van der Waals surface area contributed by atoms with Crippen molar-refractivity contribution in [1.82, 2.24) is 5.01 Å². The molecule has 1 fully saturated rings. The van der Waals surface area contributed by atoms with Gasteiger partial charge in [0.05, 0.1) is 24.0 Å². The highest BCUT2D eigenvalue weighted by Crippen LogP contribution is 2.27. The van der Waals surface area contributed by atoms with Crippen molar-refractivity contribution in [3.63, 3.8) is 0 Å². The van der Waals surface area contributed by atoms with Crippen molar-refractivity contribution in [3.8, 4) is 0 Å². The Balaban J connectivity index is 1.83. The van der Waals surface area contributed by atoms with Crippen LogP contribution in [0.4, 0.5) is 5.69 Å². The molecule has 2 aromatic carbocycles. The molecule has 0 saturated carbocycles. The molecule has 0 aromatic heterocycles. The second-order valence-electron chi connectivity index (χ2n) is 4.67. The maximum absolute atomic E-state index is 2.43. The molecule has 2 aromatic rings. The molecule has 1 aliphatic rings. The first kappa shape index (κ1) is 13.9. The molecule has 1 saturated heterocycles. The van der Waals surface area contributed by atoms with Gasteiger partial charge >= 0.3 is 0 Å². The second kappa shape index (κ2) is 7.07. The fourth-order valence-corrected chi connectivity index (χ4v) is 4.30. The minimum Gasteiger partial charge on any atom is -0.300 e. The summed E-state index contributed by atoms with van der Waals surface area (Å²) in [6.07, 6.45) is 0.